The molecule has 2 N–H and O–H groups in total. The van der Waals surface area contributed by atoms with Crippen LogP contribution in [0.2, 0.25) is 0 Å². The molecule has 0 aromatic carbocycles. The number of carbonyl (C=O) groups is 2. The minimum atomic E-state index is -0.109. The number of hydrazine groups is 1. The summed E-state index contributed by atoms with van der Waals surface area (Å²) in [5.74, 6) is -0.0672. The number of amides is 2. The van der Waals surface area contributed by atoms with E-state index in [1.54, 1.807) is 4.90 Å². The number of carbonyl (C=O) groups excluding carboxylic acids is 2. The molecule has 2 amide bonds. The van der Waals surface area contributed by atoms with Crippen LogP contribution in [0.15, 0.2) is 0 Å². The van der Waals surface area contributed by atoms with Gasteiger partial charge in [-0.25, -0.2) is 5.43 Å². The van der Waals surface area contributed by atoms with Crippen molar-refractivity contribution in [2.75, 3.05) is 32.8 Å². The Hall–Kier alpha value is -1.14. The number of nitrogens with zero attached hydrogens (tertiary/aromatic N) is 1. The molecule has 0 bridgehead atoms. The van der Waals surface area contributed by atoms with E-state index in [2.05, 4.69) is 17.8 Å². The van der Waals surface area contributed by atoms with Crippen LogP contribution in [0.5, 0.6) is 0 Å². The highest BCUT2D eigenvalue weighted by molar-refractivity contribution is 5.83. The Kier molecular flexibility index (Phi) is 17.8. The molecule has 1 rings (SSSR count). The average molecular weight is 426 g/mol. The van der Waals surface area contributed by atoms with Crippen molar-refractivity contribution < 1.29 is 14.3 Å². The zero-order valence-electron chi connectivity index (χ0n) is 19.5. The largest absolute Gasteiger partial charge is 0.378 e. The van der Waals surface area contributed by atoms with Gasteiger partial charge in [0.2, 0.25) is 11.8 Å². The van der Waals surface area contributed by atoms with Crippen molar-refractivity contribution in [2.24, 2.45) is 0 Å². The molecule has 1 heterocycles. The molecule has 0 radical (unpaired) electrons. The number of hydrogen-bond acceptors (Lipinski definition) is 4. The molecule has 0 spiro atoms. The minimum absolute atomic E-state index is 0.0421. The van der Waals surface area contributed by atoms with Crippen molar-refractivity contribution in [1.82, 2.24) is 15.8 Å². The van der Waals surface area contributed by atoms with Crippen LogP contribution < -0.4 is 10.9 Å². The van der Waals surface area contributed by atoms with E-state index in [9.17, 15) is 9.59 Å². The number of rotatable bonds is 19. The topological polar surface area (TPSA) is 70.7 Å². The summed E-state index contributed by atoms with van der Waals surface area (Å²) in [5, 5.41) is 0. The fraction of sp³-hybridized carbons (Fsp3) is 0.917. The van der Waals surface area contributed by atoms with E-state index in [-0.39, 0.29) is 24.7 Å². The van der Waals surface area contributed by atoms with E-state index in [1.165, 1.54) is 83.5 Å². The van der Waals surface area contributed by atoms with Gasteiger partial charge in [0.15, 0.2) is 0 Å². The third-order valence-electron chi connectivity index (χ3n) is 5.81. The van der Waals surface area contributed by atoms with E-state index in [0.717, 1.165) is 13.0 Å². The Morgan fingerprint density at radius 3 is 1.77 bits per heavy atom. The summed E-state index contributed by atoms with van der Waals surface area (Å²) in [6, 6.07) is 0. The number of hydrogen-bond donors (Lipinski definition) is 2. The molecule has 0 unspecified atom stereocenters. The Morgan fingerprint density at radius 1 is 0.733 bits per heavy atom. The summed E-state index contributed by atoms with van der Waals surface area (Å²) in [4.78, 5) is 25.6. The second kappa shape index (κ2) is 19.8. The van der Waals surface area contributed by atoms with Crippen LogP contribution in [0.1, 0.15) is 110 Å². The Labute approximate surface area is 184 Å². The number of nitrogens with one attached hydrogen (secondary N) is 2. The lowest BCUT2D eigenvalue weighted by Crippen LogP contribution is -2.42. The van der Waals surface area contributed by atoms with Gasteiger partial charge in [0.25, 0.3) is 0 Å². The van der Waals surface area contributed by atoms with Crippen molar-refractivity contribution >= 4 is 11.8 Å². The van der Waals surface area contributed by atoms with Gasteiger partial charge >= 0.3 is 0 Å². The molecule has 1 fully saturated rings. The molecule has 6 nitrogen and oxygen atoms in total. The predicted molar refractivity (Wildman–Crippen MR) is 123 cm³/mol. The summed E-state index contributed by atoms with van der Waals surface area (Å²) in [6.45, 7) is 5.53. The molecule has 176 valence electrons. The highest BCUT2D eigenvalue weighted by Crippen LogP contribution is 2.12. The average Bonchev–Trinajstić information content (AvgIpc) is 2.77. The first-order valence-electron chi connectivity index (χ1n) is 12.6. The van der Waals surface area contributed by atoms with Crippen LogP contribution in [-0.4, -0.2) is 49.6 Å². The van der Waals surface area contributed by atoms with Gasteiger partial charge in [-0.15, -0.1) is 0 Å². The maximum atomic E-state index is 12.0. The molecule has 6 heteroatoms. The summed E-state index contributed by atoms with van der Waals surface area (Å²) in [6.07, 6.45) is 19.4. The van der Waals surface area contributed by atoms with E-state index >= 15 is 0 Å². The Balaban J connectivity index is 1.77. The van der Waals surface area contributed by atoms with Gasteiger partial charge in [-0.2, -0.15) is 0 Å². The highest BCUT2D eigenvalue weighted by Gasteiger charge is 2.17. The summed E-state index contributed by atoms with van der Waals surface area (Å²) in [7, 11) is 0. The number of ether oxygens (including phenoxy) is 1. The highest BCUT2D eigenvalue weighted by atomic mass is 16.5. The standard InChI is InChI=1S/C24H47N3O3/c1-2-3-4-5-6-7-8-9-10-11-12-13-14-15-18-25-26-23(28)16-17-24(29)27-19-21-30-22-20-27/h25H,2-22H2,1H3,(H,26,28). The Morgan fingerprint density at radius 2 is 1.23 bits per heavy atom. The molecule has 1 aliphatic heterocycles. The van der Waals surface area contributed by atoms with Crippen LogP contribution in [0.4, 0.5) is 0 Å². The van der Waals surface area contributed by atoms with Crippen LogP contribution in [-0.2, 0) is 14.3 Å². The lowest BCUT2D eigenvalue weighted by molar-refractivity contribution is -0.137. The molecule has 0 aromatic heterocycles. The van der Waals surface area contributed by atoms with E-state index in [4.69, 9.17) is 4.74 Å². The second-order valence-corrected chi connectivity index (χ2v) is 8.56. The smallest absolute Gasteiger partial charge is 0.234 e. The SMILES string of the molecule is CCCCCCCCCCCCCCCCNNC(=O)CCC(=O)N1CCOCC1. The fourth-order valence-corrected chi connectivity index (χ4v) is 3.82. The first kappa shape index (κ1) is 26.9. The van der Waals surface area contributed by atoms with Gasteiger partial charge in [-0.05, 0) is 6.42 Å². The lowest BCUT2D eigenvalue weighted by atomic mass is 10.0. The van der Waals surface area contributed by atoms with E-state index < -0.39 is 0 Å². The molecule has 0 aromatic rings. The Bertz CT molecular complexity index is 426. The first-order valence-corrected chi connectivity index (χ1v) is 12.6. The monoisotopic (exact) mass is 425 g/mol. The van der Waals surface area contributed by atoms with Crippen molar-refractivity contribution in [3.05, 3.63) is 0 Å². The van der Waals surface area contributed by atoms with Gasteiger partial charge < -0.3 is 9.64 Å². The third-order valence-corrected chi connectivity index (χ3v) is 5.81. The predicted octanol–water partition coefficient (Wildman–Crippen LogP) is 4.73. The van der Waals surface area contributed by atoms with Crippen molar-refractivity contribution in [3.8, 4) is 0 Å². The molecule has 0 atom stereocenters. The maximum absolute atomic E-state index is 12.0. The van der Waals surface area contributed by atoms with Crippen molar-refractivity contribution in [1.29, 1.82) is 0 Å². The van der Waals surface area contributed by atoms with Crippen LogP contribution >= 0.6 is 0 Å². The summed E-state index contributed by atoms with van der Waals surface area (Å²) >= 11 is 0. The molecule has 30 heavy (non-hydrogen) atoms. The van der Waals surface area contributed by atoms with Crippen LogP contribution in [0.25, 0.3) is 0 Å². The van der Waals surface area contributed by atoms with Gasteiger partial charge in [0, 0.05) is 32.5 Å². The number of unbranched alkanes of at least 4 members (excludes halogenated alkanes) is 13. The van der Waals surface area contributed by atoms with Crippen LogP contribution in [0, 0.1) is 0 Å². The minimum Gasteiger partial charge on any atom is -0.378 e. The van der Waals surface area contributed by atoms with Crippen molar-refractivity contribution in [3.63, 3.8) is 0 Å². The molecule has 1 saturated heterocycles. The normalized spacial score (nSPS) is 14.1. The molecule has 0 saturated carbocycles. The molecular formula is C24H47N3O3. The molecular weight excluding hydrogens is 378 g/mol. The quantitative estimate of drug-likeness (QED) is 0.232. The molecule has 0 aliphatic carbocycles. The van der Waals surface area contributed by atoms with Gasteiger partial charge in [-0.3, -0.25) is 15.0 Å². The van der Waals surface area contributed by atoms with Gasteiger partial charge in [0.05, 0.1) is 13.2 Å². The van der Waals surface area contributed by atoms with E-state index in [0.29, 0.717) is 26.3 Å². The maximum Gasteiger partial charge on any atom is 0.234 e. The summed E-state index contributed by atoms with van der Waals surface area (Å²) < 4.78 is 5.23. The van der Waals surface area contributed by atoms with Gasteiger partial charge in [0.1, 0.15) is 0 Å². The zero-order chi connectivity index (χ0) is 21.7. The lowest BCUT2D eigenvalue weighted by Gasteiger charge is -2.26. The van der Waals surface area contributed by atoms with Crippen molar-refractivity contribution in [2.45, 2.75) is 110 Å². The zero-order valence-corrected chi connectivity index (χ0v) is 19.5. The van der Waals surface area contributed by atoms with Crippen LogP contribution in [0.3, 0.4) is 0 Å². The number of morpholine rings is 1. The summed E-state index contributed by atoms with van der Waals surface area (Å²) in [5.41, 5.74) is 5.69. The van der Waals surface area contributed by atoms with Gasteiger partial charge in [-0.1, -0.05) is 90.4 Å². The third kappa shape index (κ3) is 15.7. The first-order chi connectivity index (χ1) is 14.7. The van der Waals surface area contributed by atoms with E-state index in [1.807, 2.05) is 0 Å². The second-order valence-electron chi connectivity index (χ2n) is 8.56. The molecule has 1 aliphatic rings. The fourth-order valence-electron chi connectivity index (χ4n) is 3.82.